The first-order chi connectivity index (χ1) is 15.6. The summed E-state index contributed by atoms with van der Waals surface area (Å²) in [5.41, 5.74) is -0.263. The Bertz CT molecular complexity index is 1240. The molecule has 1 aliphatic rings. The SMILES string of the molecule is O=C(NC(CN1CCCC1=O)c1cccc(C(F)(F)F)c1)c1c[nH]c2ccc([N+](=O)[O-])cc12. The monoisotopic (exact) mass is 460 g/mol. The maximum atomic E-state index is 13.3. The Hall–Kier alpha value is -3.89. The molecule has 2 amide bonds. The van der Waals surface area contributed by atoms with Crippen molar-refractivity contribution in [2.75, 3.05) is 13.1 Å². The first-order valence-electron chi connectivity index (χ1n) is 10.1. The minimum Gasteiger partial charge on any atom is -0.360 e. The van der Waals surface area contributed by atoms with Crippen LogP contribution in [-0.4, -0.2) is 39.7 Å². The number of rotatable bonds is 6. The number of benzene rings is 2. The predicted octanol–water partition coefficient (Wildman–Crippen LogP) is 4.19. The van der Waals surface area contributed by atoms with Crippen molar-refractivity contribution in [1.82, 2.24) is 15.2 Å². The number of fused-ring (bicyclic) bond motifs is 1. The minimum atomic E-state index is -4.57. The molecule has 2 heterocycles. The molecule has 0 saturated carbocycles. The van der Waals surface area contributed by atoms with E-state index in [0.29, 0.717) is 30.3 Å². The molecule has 4 rings (SSSR count). The average Bonchev–Trinajstić information content (AvgIpc) is 3.38. The highest BCUT2D eigenvalue weighted by Crippen LogP contribution is 2.31. The molecule has 0 radical (unpaired) electrons. The van der Waals surface area contributed by atoms with E-state index < -0.39 is 28.6 Å². The highest BCUT2D eigenvalue weighted by Gasteiger charge is 2.32. The van der Waals surface area contributed by atoms with E-state index in [4.69, 9.17) is 0 Å². The first kappa shape index (κ1) is 22.3. The minimum absolute atomic E-state index is 0.00832. The molecule has 0 aliphatic carbocycles. The molecule has 1 aliphatic heterocycles. The third kappa shape index (κ3) is 4.66. The van der Waals surface area contributed by atoms with Crippen LogP contribution in [0.5, 0.6) is 0 Å². The Labute approximate surface area is 185 Å². The quantitative estimate of drug-likeness (QED) is 0.425. The van der Waals surface area contributed by atoms with Crippen LogP contribution in [0, 0.1) is 10.1 Å². The van der Waals surface area contributed by atoms with Gasteiger partial charge in [0.25, 0.3) is 11.6 Å². The van der Waals surface area contributed by atoms with Gasteiger partial charge in [0.05, 0.1) is 22.1 Å². The summed E-state index contributed by atoms with van der Waals surface area (Å²) in [6, 6.07) is 7.70. The molecule has 0 bridgehead atoms. The molecule has 1 saturated heterocycles. The third-order valence-electron chi connectivity index (χ3n) is 5.62. The van der Waals surface area contributed by atoms with Gasteiger partial charge in [-0.05, 0) is 30.2 Å². The zero-order valence-electron chi connectivity index (χ0n) is 17.2. The van der Waals surface area contributed by atoms with Gasteiger partial charge in [-0.1, -0.05) is 12.1 Å². The zero-order chi connectivity index (χ0) is 23.8. The molecule has 172 valence electrons. The summed E-state index contributed by atoms with van der Waals surface area (Å²) in [5.74, 6) is -0.764. The van der Waals surface area contributed by atoms with E-state index >= 15 is 0 Å². The van der Waals surface area contributed by atoms with Gasteiger partial charge in [0.1, 0.15) is 0 Å². The molecular weight excluding hydrogens is 441 g/mol. The summed E-state index contributed by atoms with van der Waals surface area (Å²) in [4.78, 5) is 40.1. The van der Waals surface area contributed by atoms with Crippen LogP contribution < -0.4 is 5.32 Å². The molecule has 1 atom stereocenters. The number of aromatic amines is 1. The maximum Gasteiger partial charge on any atom is 0.416 e. The molecule has 33 heavy (non-hydrogen) atoms. The van der Waals surface area contributed by atoms with Crippen molar-refractivity contribution in [2.45, 2.75) is 25.1 Å². The summed E-state index contributed by atoms with van der Waals surface area (Å²) in [6.07, 6.45) is -2.21. The second-order valence-electron chi connectivity index (χ2n) is 7.78. The number of nitro groups is 1. The molecular formula is C22H19F3N4O4. The van der Waals surface area contributed by atoms with Gasteiger partial charge in [-0.15, -0.1) is 0 Å². The molecule has 3 aromatic rings. The topological polar surface area (TPSA) is 108 Å². The van der Waals surface area contributed by atoms with Gasteiger partial charge in [0, 0.05) is 48.7 Å². The van der Waals surface area contributed by atoms with E-state index in [1.165, 1.54) is 41.4 Å². The van der Waals surface area contributed by atoms with Crippen LogP contribution in [0.4, 0.5) is 18.9 Å². The second kappa shape index (κ2) is 8.57. The molecule has 8 nitrogen and oxygen atoms in total. The largest absolute Gasteiger partial charge is 0.416 e. The highest BCUT2D eigenvalue weighted by atomic mass is 19.4. The Kier molecular flexibility index (Phi) is 5.79. The Morgan fingerprint density at radius 2 is 2.03 bits per heavy atom. The van der Waals surface area contributed by atoms with Gasteiger partial charge in [-0.2, -0.15) is 13.2 Å². The van der Waals surface area contributed by atoms with Gasteiger partial charge in [0.2, 0.25) is 5.91 Å². The van der Waals surface area contributed by atoms with Gasteiger partial charge >= 0.3 is 6.18 Å². The molecule has 2 N–H and O–H groups in total. The van der Waals surface area contributed by atoms with Crippen molar-refractivity contribution < 1.29 is 27.7 Å². The van der Waals surface area contributed by atoms with Crippen LogP contribution in [0.25, 0.3) is 10.9 Å². The number of alkyl halides is 3. The summed E-state index contributed by atoms with van der Waals surface area (Å²) in [6.45, 7) is 0.456. The van der Waals surface area contributed by atoms with Crippen LogP contribution in [0.15, 0.2) is 48.7 Å². The number of hydrogen-bond acceptors (Lipinski definition) is 4. The standard InChI is InChI=1S/C22H19F3N4O4/c23-22(24,25)14-4-1-3-13(9-14)19(12-28-8-2-5-20(28)30)27-21(31)17-11-26-18-7-6-15(29(32)33)10-16(17)18/h1,3-4,6-7,9-11,19,26H,2,5,8,12H2,(H,27,31). The van der Waals surface area contributed by atoms with Crippen LogP contribution >= 0.6 is 0 Å². The average molecular weight is 460 g/mol. The zero-order valence-corrected chi connectivity index (χ0v) is 17.2. The second-order valence-corrected chi connectivity index (χ2v) is 7.78. The van der Waals surface area contributed by atoms with Crippen LogP contribution in [0.2, 0.25) is 0 Å². The number of carbonyl (C=O) groups is 2. The van der Waals surface area contributed by atoms with E-state index in [-0.39, 0.29) is 29.3 Å². The lowest BCUT2D eigenvalue weighted by molar-refractivity contribution is -0.384. The normalized spacial score (nSPS) is 15.1. The number of nitrogens with one attached hydrogen (secondary N) is 2. The first-order valence-corrected chi connectivity index (χ1v) is 10.1. The van der Waals surface area contributed by atoms with Crippen LogP contribution in [0.3, 0.4) is 0 Å². The van der Waals surface area contributed by atoms with Crippen LogP contribution in [0.1, 0.15) is 40.4 Å². The predicted molar refractivity (Wildman–Crippen MR) is 112 cm³/mol. The number of carbonyl (C=O) groups excluding carboxylic acids is 2. The molecule has 1 unspecified atom stereocenters. The van der Waals surface area contributed by atoms with Gasteiger partial charge in [-0.25, -0.2) is 0 Å². The molecule has 11 heteroatoms. The Morgan fingerprint density at radius 1 is 1.24 bits per heavy atom. The van der Waals surface area contributed by atoms with Crippen molar-refractivity contribution in [2.24, 2.45) is 0 Å². The fourth-order valence-electron chi connectivity index (χ4n) is 3.93. The summed E-state index contributed by atoms with van der Waals surface area (Å²) in [5, 5.41) is 14.1. The number of likely N-dealkylation sites (tertiary alicyclic amines) is 1. The van der Waals surface area contributed by atoms with Crippen LogP contribution in [-0.2, 0) is 11.0 Å². The van der Waals surface area contributed by atoms with E-state index in [1.807, 2.05) is 0 Å². The summed E-state index contributed by atoms with van der Waals surface area (Å²) in [7, 11) is 0. The van der Waals surface area contributed by atoms with E-state index in [0.717, 1.165) is 12.1 Å². The number of hydrogen-bond donors (Lipinski definition) is 2. The number of halogens is 3. The van der Waals surface area contributed by atoms with Gasteiger partial charge in [0.15, 0.2) is 0 Å². The fraction of sp³-hybridized carbons (Fsp3) is 0.273. The van der Waals surface area contributed by atoms with Crippen molar-refractivity contribution >= 4 is 28.4 Å². The lowest BCUT2D eigenvalue weighted by atomic mass is 10.0. The van der Waals surface area contributed by atoms with Gasteiger partial charge in [-0.3, -0.25) is 19.7 Å². The number of nitrogens with zero attached hydrogens (tertiary/aromatic N) is 2. The van der Waals surface area contributed by atoms with Gasteiger partial charge < -0.3 is 15.2 Å². The Morgan fingerprint density at radius 3 is 2.70 bits per heavy atom. The molecule has 2 aromatic carbocycles. The van der Waals surface area contributed by atoms with E-state index in [9.17, 15) is 32.9 Å². The van der Waals surface area contributed by atoms with Crippen molar-refractivity contribution in [3.8, 4) is 0 Å². The summed E-state index contributed by atoms with van der Waals surface area (Å²) < 4.78 is 39.8. The highest BCUT2D eigenvalue weighted by molar-refractivity contribution is 6.07. The molecule has 1 aromatic heterocycles. The number of non-ortho nitro benzene ring substituents is 1. The maximum absolute atomic E-state index is 13.3. The number of aromatic nitrogens is 1. The molecule has 1 fully saturated rings. The smallest absolute Gasteiger partial charge is 0.360 e. The summed E-state index contributed by atoms with van der Waals surface area (Å²) >= 11 is 0. The number of amides is 2. The van der Waals surface area contributed by atoms with Crippen molar-refractivity contribution in [3.63, 3.8) is 0 Å². The Balaban J connectivity index is 1.67. The number of nitro benzene ring substituents is 1. The van der Waals surface area contributed by atoms with Crippen molar-refractivity contribution in [1.29, 1.82) is 0 Å². The fourth-order valence-corrected chi connectivity index (χ4v) is 3.93. The van der Waals surface area contributed by atoms with E-state index in [2.05, 4.69) is 10.3 Å². The lowest BCUT2D eigenvalue weighted by Gasteiger charge is -2.25. The number of H-pyrrole nitrogens is 1. The van der Waals surface area contributed by atoms with E-state index in [1.54, 1.807) is 0 Å². The molecule has 0 spiro atoms. The third-order valence-corrected chi connectivity index (χ3v) is 5.62. The lowest BCUT2D eigenvalue weighted by Crippen LogP contribution is -2.38. The van der Waals surface area contributed by atoms with Crippen molar-refractivity contribution in [3.05, 3.63) is 75.5 Å².